The molecule has 0 fully saturated rings. The summed E-state index contributed by atoms with van der Waals surface area (Å²) in [6.45, 7) is 5.64. The Morgan fingerprint density at radius 3 is 2.55 bits per heavy atom. The van der Waals surface area contributed by atoms with Crippen molar-refractivity contribution in [1.82, 2.24) is 4.98 Å². The zero-order valence-electron chi connectivity index (χ0n) is 11.2. The number of carboxylic acid groups (broad SMARTS) is 1. The molecule has 0 amide bonds. The van der Waals surface area contributed by atoms with Crippen LogP contribution in [0.5, 0.6) is 0 Å². The molecule has 0 saturated carbocycles. The van der Waals surface area contributed by atoms with E-state index in [1.807, 2.05) is 20.8 Å². The maximum absolute atomic E-state index is 11.3. The highest BCUT2D eigenvalue weighted by atomic mass is 79.9. The summed E-state index contributed by atoms with van der Waals surface area (Å²) in [6.07, 6.45) is 0. The minimum atomic E-state index is -1.14. The van der Waals surface area contributed by atoms with Crippen LogP contribution in [0.3, 0.4) is 0 Å². The zero-order valence-corrected chi connectivity index (χ0v) is 13.5. The highest BCUT2D eigenvalue weighted by molar-refractivity contribution is 9.10. The van der Waals surface area contributed by atoms with Crippen molar-refractivity contribution in [3.05, 3.63) is 39.1 Å². The smallest absolute Gasteiger partial charge is 0.373 e. The lowest BCUT2D eigenvalue weighted by Crippen LogP contribution is -2.16. The number of oxazole rings is 1. The van der Waals surface area contributed by atoms with E-state index in [0.717, 1.165) is 0 Å². The summed E-state index contributed by atoms with van der Waals surface area (Å²) in [5.41, 5.74) is 0.517. The van der Waals surface area contributed by atoms with Crippen molar-refractivity contribution in [3.63, 3.8) is 0 Å². The summed E-state index contributed by atoms with van der Waals surface area (Å²) in [4.78, 5) is 15.6. The van der Waals surface area contributed by atoms with E-state index in [9.17, 15) is 9.90 Å². The van der Waals surface area contributed by atoms with Crippen LogP contribution in [-0.4, -0.2) is 16.1 Å². The lowest BCUT2D eigenvalue weighted by atomic mass is 9.91. The van der Waals surface area contributed by atoms with Crippen LogP contribution in [0, 0.1) is 0 Å². The topological polar surface area (TPSA) is 63.3 Å². The number of halogens is 2. The van der Waals surface area contributed by atoms with Gasteiger partial charge in [0.15, 0.2) is 0 Å². The predicted octanol–water partition coefficient (Wildman–Crippen LogP) is 4.75. The molecule has 106 valence electrons. The minimum absolute atomic E-state index is 0.149. The molecule has 1 heterocycles. The highest BCUT2D eigenvalue weighted by Gasteiger charge is 2.29. The molecule has 0 bridgehead atoms. The van der Waals surface area contributed by atoms with E-state index >= 15 is 0 Å². The van der Waals surface area contributed by atoms with Crippen LogP contribution in [-0.2, 0) is 5.41 Å². The van der Waals surface area contributed by atoms with Gasteiger partial charge in [0.25, 0.3) is 0 Å². The number of carbonyl (C=O) groups is 1. The summed E-state index contributed by atoms with van der Waals surface area (Å²) in [7, 11) is 0. The molecule has 0 aliphatic carbocycles. The van der Waals surface area contributed by atoms with Crippen molar-refractivity contribution in [2.45, 2.75) is 26.2 Å². The van der Waals surface area contributed by atoms with Gasteiger partial charge < -0.3 is 9.52 Å². The lowest BCUT2D eigenvalue weighted by Gasteiger charge is -2.14. The number of hydrogen-bond donors (Lipinski definition) is 1. The van der Waals surface area contributed by atoms with E-state index in [2.05, 4.69) is 20.9 Å². The molecule has 1 aromatic carbocycles. The van der Waals surface area contributed by atoms with Crippen molar-refractivity contribution in [2.75, 3.05) is 0 Å². The fraction of sp³-hybridized carbons (Fsp3) is 0.286. The van der Waals surface area contributed by atoms with Crippen molar-refractivity contribution >= 4 is 33.5 Å². The summed E-state index contributed by atoms with van der Waals surface area (Å²) in [5.74, 6) is -1.08. The Morgan fingerprint density at radius 1 is 1.40 bits per heavy atom. The van der Waals surface area contributed by atoms with E-state index < -0.39 is 11.4 Å². The van der Waals surface area contributed by atoms with Crippen molar-refractivity contribution in [1.29, 1.82) is 0 Å². The first kappa shape index (κ1) is 15.1. The molecule has 4 nitrogen and oxygen atoms in total. The molecular formula is C14H13BrClNO3. The molecule has 20 heavy (non-hydrogen) atoms. The van der Waals surface area contributed by atoms with Gasteiger partial charge in [-0.15, -0.1) is 0 Å². The Kier molecular flexibility index (Phi) is 3.93. The maximum atomic E-state index is 11.3. The Hall–Kier alpha value is -1.33. The number of carboxylic acids is 1. The Labute approximate surface area is 129 Å². The predicted molar refractivity (Wildman–Crippen MR) is 80.3 cm³/mol. The molecule has 0 saturated heterocycles. The van der Waals surface area contributed by atoms with Crippen molar-refractivity contribution in [3.8, 4) is 11.5 Å². The van der Waals surface area contributed by atoms with Crippen LogP contribution in [0.15, 0.2) is 27.1 Å². The van der Waals surface area contributed by atoms with Crippen molar-refractivity contribution < 1.29 is 14.3 Å². The second kappa shape index (κ2) is 5.22. The van der Waals surface area contributed by atoms with Gasteiger partial charge in [0.05, 0.1) is 10.6 Å². The molecule has 6 heteroatoms. The van der Waals surface area contributed by atoms with Gasteiger partial charge in [-0.05, 0) is 28.1 Å². The van der Waals surface area contributed by atoms with Crippen LogP contribution in [0.4, 0.5) is 0 Å². The Morgan fingerprint density at radius 2 is 2.05 bits per heavy atom. The third-order valence-electron chi connectivity index (χ3n) is 2.71. The third kappa shape index (κ3) is 2.74. The van der Waals surface area contributed by atoms with Crippen LogP contribution in [0.25, 0.3) is 11.5 Å². The molecule has 1 N–H and O–H groups in total. The van der Waals surface area contributed by atoms with Gasteiger partial charge in [0.2, 0.25) is 11.7 Å². The van der Waals surface area contributed by atoms with Gasteiger partial charge in [-0.1, -0.05) is 38.4 Å². The number of nitrogens with zero attached hydrogens (tertiary/aromatic N) is 1. The SMILES string of the molecule is CC(C)(C)c1nc(-c2cccc(Br)c2Cl)oc1C(=O)O. The summed E-state index contributed by atoms with van der Waals surface area (Å²) < 4.78 is 6.11. The molecule has 0 aliphatic heterocycles. The fourth-order valence-corrected chi connectivity index (χ4v) is 2.33. The van der Waals surface area contributed by atoms with Gasteiger partial charge in [-0.3, -0.25) is 0 Å². The zero-order chi connectivity index (χ0) is 15.1. The maximum Gasteiger partial charge on any atom is 0.373 e. The molecule has 0 spiro atoms. The van der Waals surface area contributed by atoms with Crippen LogP contribution in [0.1, 0.15) is 37.0 Å². The molecule has 0 atom stereocenters. The first-order chi connectivity index (χ1) is 9.21. The molecule has 2 aromatic rings. The van der Waals surface area contributed by atoms with Crippen LogP contribution >= 0.6 is 27.5 Å². The van der Waals surface area contributed by atoms with Gasteiger partial charge in [0, 0.05) is 9.89 Å². The molecule has 2 rings (SSSR count). The Bertz CT molecular complexity index is 674. The summed E-state index contributed by atoms with van der Waals surface area (Å²) >= 11 is 9.51. The van der Waals surface area contributed by atoms with E-state index in [1.165, 1.54) is 0 Å². The largest absolute Gasteiger partial charge is 0.475 e. The molecular weight excluding hydrogens is 346 g/mol. The van der Waals surface area contributed by atoms with Gasteiger partial charge in [-0.25, -0.2) is 9.78 Å². The van der Waals surface area contributed by atoms with Gasteiger partial charge >= 0.3 is 5.97 Å². The third-order valence-corrected chi connectivity index (χ3v) is 4.01. The molecule has 1 aromatic heterocycles. The van der Waals surface area contributed by atoms with Gasteiger partial charge in [0.1, 0.15) is 5.69 Å². The second-order valence-corrected chi connectivity index (χ2v) is 6.59. The number of aromatic nitrogens is 1. The van der Waals surface area contributed by atoms with E-state index in [-0.39, 0.29) is 11.7 Å². The molecule has 0 radical (unpaired) electrons. The minimum Gasteiger partial charge on any atom is -0.475 e. The van der Waals surface area contributed by atoms with E-state index in [1.54, 1.807) is 18.2 Å². The van der Waals surface area contributed by atoms with E-state index in [0.29, 0.717) is 20.8 Å². The average Bonchev–Trinajstić information content (AvgIpc) is 2.77. The average molecular weight is 359 g/mol. The number of hydrogen-bond acceptors (Lipinski definition) is 3. The molecule has 0 unspecified atom stereocenters. The fourth-order valence-electron chi connectivity index (χ4n) is 1.76. The first-order valence-electron chi connectivity index (χ1n) is 5.91. The number of rotatable bonds is 2. The van der Waals surface area contributed by atoms with Crippen LogP contribution < -0.4 is 0 Å². The monoisotopic (exact) mass is 357 g/mol. The van der Waals surface area contributed by atoms with Crippen molar-refractivity contribution in [2.24, 2.45) is 0 Å². The number of aromatic carboxylic acids is 1. The summed E-state index contributed by atoms with van der Waals surface area (Å²) in [6, 6.07) is 5.31. The normalized spacial score (nSPS) is 11.7. The lowest BCUT2D eigenvalue weighted by molar-refractivity contribution is 0.0659. The van der Waals surface area contributed by atoms with Gasteiger partial charge in [-0.2, -0.15) is 0 Å². The second-order valence-electron chi connectivity index (χ2n) is 5.35. The standard InChI is InChI=1S/C14H13BrClNO3/c1-14(2,3)11-10(13(18)19)20-12(17-11)7-5-4-6-8(15)9(7)16/h4-6H,1-3H3,(H,18,19). The first-order valence-corrected chi connectivity index (χ1v) is 7.08. The quantitative estimate of drug-likeness (QED) is 0.841. The highest BCUT2D eigenvalue weighted by Crippen LogP contribution is 2.36. The van der Waals surface area contributed by atoms with Crippen LogP contribution in [0.2, 0.25) is 5.02 Å². The number of benzene rings is 1. The van der Waals surface area contributed by atoms with E-state index in [4.69, 9.17) is 16.0 Å². The molecule has 0 aliphatic rings. The summed E-state index contributed by atoms with van der Waals surface area (Å²) in [5, 5.41) is 9.67. The Balaban J connectivity index is 2.65.